The van der Waals surface area contributed by atoms with Crippen molar-refractivity contribution >= 4 is 5.96 Å². The molecule has 2 N–H and O–H groups in total. The molecule has 1 aliphatic carbocycles. The van der Waals surface area contributed by atoms with E-state index in [2.05, 4.69) is 34.7 Å². The van der Waals surface area contributed by atoms with Crippen molar-refractivity contribution in [2.45, 2.75) is 45.6 Å². The monoisotopic (exact) mass is 361 g/mol. The third-order valence-electron chi connectivity index (χ3n) is 5.04. The van der Waals surface area contributed by atoms with Crippen LogP contribution in [0, 0.1) is 5.41 Å². The highest BCUT2D eigenvalue weighted by molar-refractivity contribution is 5.79. The van der Waals surface area contributed by atoms with E-state index in [1.165, 1.54) is 18.4 Å². The zero-order chi connectivity index (χ0) is 18.7. The largest absolute Gasteiger partial charge is 0.382 e. The van der Waals surface area contributed by atoms with E-state index in [0.29, 0.717) is 5.41 Å². The number of aliphatic imine (C=N–C) groups is 1. The highest BCUT2D eigenvalue weighted by atomic mass is 16.5. The molecule has 0 saturated heterocycles. The first-order chi connectivity index (χ1) is 12.7. The van der Waals surface area contributed by atoms with Gasteiger partial charge in [-0.05, 0) is 50.5 Å². The van der Waals surface area contributed by atoms with Gasteiger partial charge in [-0.3, -0.25) is 4.99 Å². The summed E-state index contributed by atoms with van der Waals surface area (Å²) in [4.78, 5) is 4.32. The van der Waals surface area contributed by atoms with Gasteiger partial charge in [-0.25, -0.2) is 0 Å². The average Bonchev–Trinajstić information content (AvgIpc) is 3.44. The van der Waals surface area contributed by atoms with E-state index in [9.17, 15) is 0 Å². The molecule has 0 spiro atoms. The Bertz CT molecular complexity index is 529. The van der Waals surface area contributed by atoms with E-state index in [4.69, 9.17) is 9.47 Å². The minimum Gasteiger partial charge on any atom is -0.382 e. The molecule has 0 amide bonds. The first-order valence-corrected chi connectivity index (χ1v) is 9.88. The maximum Gasteiger partial charge on any atom is 0.190 e. The van der Waals surface area contributed by atoms with Gasteiger partial charge in [0.15, 0.2) is 5.96 Å². The summed E-state index contributed by atoms with van der Waals surface area (Å²) in [5, 5.41) is 6.85. The second-order valence-electron chi connectivity index (χ2n) is 7.08. The van der Waals surface area contributed by atoms with Crippen molar-refractivity contribution in [1.82, 2.24) is 10.6 Å². The third kappa shape index (κ3) is 7.34. The minimum absolute atomic E-state index is 0.133. The van der Waals surface area contributed by atoms with Crippen molar-refractivity contribution in [3.05, 3.63) is 35.9 Å². The second-order valence-corrected chi connectivity index (χ2v) is 7.08. The van der Waals surface area contributed by atoms with Crippen LogP contribution in [-0.4, -0.2) is 45.9 Å². The van der Waals surface area contributed by atoms with Crippen molar-refractivity contribution in [2.75, 3.05) is 40.0 Å². The van der Waals surface area contributed by atoms with Gasteiger partial charge in [-0.2, -0.15) is 0 Å². The summed E-state index contributed by atoms with van der Waals surface area (Å²) in [6.45, 7) is 8.38. The summed E-state index contributed by atoms with van der Waals surface area (Å²) in [5.41, 5.74) is 1.64. The molecule has 1 aromatic rings. The Hall–Kier alpha value is -1.59. The molecule has 2 rings (SSSR count). The van der Waals surface area contributed by atoms with Gasteiger partial charge in [0, 0.05) is 40.0 Å². The van der Waals surface area contributed by atoms with E-state index >= 15 is 0 Å². The minimum atomic E-state index is 0.133. The summed E-state index contributed by atoms with van der Waals surface area (Å²) in [5.74, 6) is 0.879. The SMILES string of the molecule is CCOCCC1(CNC(=NC)NCCCOC(C)c2ccccc2)CC1. The van der Waals surface area contributed by atoms with Crippen LogP contribution in [0.3, 0.4) is 0 Å². The molecule has 0 heterocycles. The van der Waals surface area contributed by atoms with E-state index in [-0.39, 0.29) is 6.10 Å². The van der Waals surface area contributed by atoms with E-state index in [0.717, 1.165) is 51.7 Å². The van der Waals surface area contributed by atoms with E-state index in [1.54, 1.807) is 0 Å². The van der Waals surface area contributed by atoms with Gasteiger partial charge in [0.2, 0.25) is 0 Å². The number of hydrogen-bond donors (Lipinski definition) is 2. The number of ether oxygens (including phenoxy) is 2. The molecule has 1 aromatic carbocycles. The standard InChI is InChI=1S/C21H35N3O2/c1-4-25-16-13-21(11-12-21)17-24-20(22-3)23-14-8-15-26-18(2)19-9-6-5-7-10-19/h5-7,9-10,18H,4,8,11-17H2,1-3H3,(H2,22,23,24). The molecular weight excluding hydrogens is 326 g/mol. The van der Waals surface area contributed by atoms with Crippen LogP contribution >= 0.6 is 0 Å². The van der Waals surface area contributed by atoms with Gasteiger partial charge >= 0.3 is 0 Å². The Labute approximate surface area is 158 Å². The number of nitrogens with zero attached hydrogens (tertiary/aromatic N) is 1. The second kappa shape index (κ2) is 11.2. The molecule has 1 saturated carbocycles. The highest BCUT2D eigenvalue weighted by Gasteiger charge is 2.41. The number of hydrogen-bond acceptors (Lipinski definition) is 3. The fraction of sp³-hybridized carbons (Fsp3) is 0.667. The van der Waals surface area contributed by atoms with Crippen molar-refractivity contribution < 1.29 is 9.47 Å². The predicted molar refractivity (Wildman–Crippen MR) is 108 cm³/mol. The van der Waals surface area contributed by atoms with Crippen LogP contribution in [0.25, 0.3) is 0 Å². The maximum absolute atomic E-state index is 5.91. The van der Waals surface area contributed by atoms with Crippen LogP contribution in [0.2, 0.25) is 0 Å². The predicted octanol–water partition coefficient (Wildman–Crippen LogP) is 3.53. The number of nitrogens with one attached hydrogen (secondary N) is 2. The lowest BCUT2D eigenvalue weighted by Gasteiger charge is -2.19. The summed E-state index contributed by atoms with van der Waals surface area (Å²) in [7, 11) is 1.82. The Morgan fingerprint density at radius 2 is 1.96 bits per heavy atom. The van der Waals surface area contributed by atoms with Gasteiger partial charge in [0.05, 0.1) is 6.10 Å². The fourth-order valence-electron chi connectivity index (χ4n) is 2.98. The first-order valence-electron chi connectivity index (χ1n) is 9.88. The van der Waals surface area contributed by atoms with Crippen LogP contribution in [0.1, 0.15) is 51.2 Å². The molecule has 1 fully saturated rings. The normalized spacial score (nSPS) is 17.0. The number of benzene rings is 1. The van der Waals surface area contributed by atoms with Crippen molar-refractivity contribution in [1.29, 1.82) is 0 Å². The molecule has 0 radical (unpaired) electrons. The van der Waals surface area contributed by atoms with Gasteiger partial charge < -0.3 is 20.1 Å². The summed E-state index contributed by atoms with van der Waals surface area (Å²) < 4.78 is 11.4. The maximum atomic E-state index is 5.91. The van der Waals surface area contributed by atoms with Crippen LogP contribution in [0.4, 0.5) is 0 Å². The van der Waals surface area contributed by atoms with Crippen molar-refractivity contribution in [3.8, 4) is 0 Å². The number of rotatable bonds is 12. The highest BCUT2D eigenvalue weighted by Crippen LogP contribution is 2.48. The van der Waals surface area contributed by atoms with Crippen LogP contribution in [0.5, 0.6) is 0 Å². The molecule has 0 aliphatic heterocycles. The molecule has 0 bridgehead atoms. The Morgan fingerprint density at radius 1 is 1.19 bits per heavy atom. The molecule has 26 heavy (non-hydrogen) atoms. The smallest absolute Gasteiger partial charge is 0.190 e. The summed E-state index contributed by atoms with van der Waals surface area (Å²) >= 11 is 0. The van der Waals surface area contributed by atoms with Gasteiger partial charge in [0.25, 0.3) is 0 Å². The molecule has 1 atom stereocenters. The third-order valence-corrected chi connectivity index (χ3v) is 5.04. The quantitative estimate of drug-likeness (QED) is 0.340. The van der Waals surface area contributed by atoms with Crippen LogP contribution in [-0.2, 0) is 9.47 Å². The lowest BCUT2D eigenvalue weighted by molar-refractivity contribution is 0.0646. The Balaban J connectivity index is 1.56. The topological polar surface area (TPSA) is 54.9 Å². The zero-order valence-corrected chi connectivity index (χ0v) is 16.6. The fourth-order valence-corrected chi connectivity index (χ4v) is 2.98. The average molecular weight is 362 g/mol. The van der Waals surface area contributed by atoms with Gasteiger partial charge in [0.1, 0.15) is 0 Å². The molecule has 0 aromatic heterocycles. The van der Waals surface area contributed by atoms with Crippen molar-refractivity contribution in [2.24, 2.45) is 10.4 Å². The van der Waals surface area contributed by atoms with Gasteiger partial charge in [-0.1, -0.05) is 30.3 Å². The lowest BCUT2D eigenvalue weighted by atomic mass is 10.0. The summed E-state index contributed by atoms with van der Waals surface area (Å²) in [6.07, 6.45) is 4.79. The molecule has 5 nitrogen and oxygen atoms in total. The van der Waals surface area contributed by atoms with Crippen LogP contribution < -0.4 is 10.6 Å². The first kappa shape index (κ1) is 20.7. The summed E-state index contributed by atoms with van der Waals surface area (Å²) in [6, 6.07) is 10.3. The van der Waals surface area contributed by atoms with Crippen molar-refractivity contribution in [3.63, 3.8) is 0 Å². The Kier molecular flexibility index (Phi) is 8.92. The molecule has 1 unspecified atom stereocenters. The molecular formula is C21H35N3O2. The van der Waals surface area contributed by atoms with Crippen LogP contribution in [0.15, 0.2) is 35.3 Å². The number of guanidine groups is 1. The zero-order valence-electron chi connectivity index (χ0n) is 16.6. The van der Waals surface area contributed by atoms with E-state index < -0.39 is 0 Å². The van der Waals surface area contributed by atoms with Gasteiger partial charge in [-0.15, -0.1) is 0 Å². The molecule has 146 valence electrons. The van der Waals surface area contributed by atoms with E-state index in [1.807, 2.05) is 32.2 Å². The molecule has 5 heteroatoms. The molecule has 1 aliphatic rings. The Morgan fingerprint density at radius 3 is 2.62 bits per heavy atom. The lowest BCUT2D eigenvalue weighted by Crippen LogP contribution is -2.41.